The normalized spacial score (nSPS) is 10.8. The number of hydrogen-bond donors (Lipinski definition) is 1. The molecule has 3 aromatic rings. The van der Waals surface area contributed by atoms with Gasteiger partial charge in [-0.1, -0.05) is 5.21 Å². The molecule has 0 bridgehead atoms. The molecule has 2 amide bonds. The minimum atomic E-state index is -0.522. The van der Waals surface area contributed by atoms with Crippen LogP contribution in [0.3, 0.4) is 0 Å². The van der Waals surface area contributed by atoms with Gasteiger partial charge in [-0.3, -0.25) is 9.59 Å². The average molecular weight is 355 g/mol. The molecule has 0 unspecified atom stereocenters. The molecule has 8 heteroatoms. The van der Waals surface area contributed by atoms with Crippen LogP contribution in [0.4, 0.5) is 10.1 Å². The monoisotopic (exact) mass is 355 g/mol. The smallest absolute Gasteiger partial charge is 0.258 e. The maximum Gasteiger partial charge on any atom is 0.258 e. The molecule has 0 spiro atoms. The fraction of sp³-hybridized carbons (Fsp3) is 0.222. The van der Waals surface area contributed by atoms with Crippen molar-refractivity contribution in [3.63, 3.8) is 0 Å². The van der Waals surface area contributed by atoms with Gasteiger partial charge >= 0.3 is 0 Å². The van der Waals surface area contributed by atoms with Crippen molar-refractivity contribution >= 4 is 28.5 Å². The van der Waals surface area contributed by atoms with Gasteiger partial charge in [-0.15, -0.1) is 5.10 Å². The van der Waals surface area contributed by atoms with Crippen molar-refractivity contribution < 1.29 is 14.0 Å². The molecule has 0 aliphatic heterocycles. The van der Waals surface area contributed by atoms with Crippen LogP contribution >= 0.6 is 0 Å². The van der Waals surface area contributed by atoms with Crippen LogP contribution in [0.1, 0.15) is 23.7 Å². The molecule has 0 radical (unpaired) electrons. The van der Waals surface area contributed by atoms with E-state index in [1.54, 1.807) is 22.9 Å². The predicted molar refractivity (Wildman–Crippen MR) is 95.1 cm³/mol. The number of carbonyl (C=O) groups excluding carboxylic acids is 2. The Bertz CT molecular complexity index is 952. The van der Waals surface area contributed by atoms with Crippen LogP contribution < -0.4 is 10.6 Å². The lowest BCUT2D eigenvalue weighted by Crippen LogP contribution is -2.34. The minimum absolute atomic E-state index is 0.00260. The summed E-state index contributed by atoms with van der Waals surface area (Å²) in [5.41, 5.74) is 7.53. The predicted octanol–water partition coefficient (Wildman–Crippen LogP) is 2.11. The quantitative estimate of drug-likeness (QED) is 0.733. The van der Waals surface area contributed by atoms with Crippen molar-refractivity contribution in [2.24, 2.45) is 5.73 Å². The highest BCUT2D eigenvalue weighted by molar-refractivity contribution is 6.07. The summed E-state index contributed by atoms with van der Waals surface area (Å²) in [6, 6.07) is 10.6. The largest absolute Gasteiger partial charge is 0.370 e. The first-order valence-electron chi connectivity index (χ1n) is 8.18. The standard InChI is InChI=1S/C18H18FN5O2/c1-2-24-16-8-3-12(11-15(16)21-22-24)18(26)23(10-9-17(20)25)14-6-4-13(19)5-7-14/h3-8,11H,2,9-10H2,1H3,(H2,20,25). The summed E-state index contributed by atoms with van der Waals surface area (Å²) in [6.07, 6.45) is -0.00260. The number of amides is 2. The van der Waals surface area contributed by atoms with Crippen molar-refractivity contribution in [3.05, 3.63) is 53.8 Å². The maximum atomic E-state index is 13.2. The van der Waals surface area contributed by atoms with Gasteiger partial charge in [0, 0.05) is 30.8 Å². The van der Waals surface area contributed by atoms with Gasteiger partial charge in [-0.05, 0) is 49.4 Å². The molecule has 2 aromatic carbocycles. The first-order valence-corrected chi connectivity index (χ1v) is 8.18. The van der Waals surface area contributed by atoms with Crippen LogP contribution in [-0.2, 0) is 11.3 Å². The lowest BCUT2D eigenvalue weighted by molar-refractivity contribution is -0.117. The van der Waals surface area contributed by atoms with E-state index in [-0.39, 0.29) is 18.9 Å². The number of benzene rings is 2. The first-order chi connectivity index (χ1) is 12.5. The lowest BCUT2D eigenvalue weighted by atomic mass is 10.1. The van der Waals surface area contributed by atoms with Crippen LogP contribution in [-0.4, -0.2) is 33.4 Å². The van der Waals surface area contributed by atoms with E-state index in [2.05, 4.69) is 10.3 Å². The summed E-state index contributed by atoms with van der Waals surface area (Å²) < 4.78 is 14.9. The molecule has 0 aliphatic carbocycles. The molecule has 0 aliphatic rings. The Balaban J connectivity index is 1.95. The van der Waals surface area contributed by atoms with Gasteiger partial charge in [0.2, 0.25) is 5.91 Å². The fourth-order valence-electron chi connectivity index (χ4n) is 2.69. The third-order valence-electron chi connectivity index (χ3n) is 4.03. The molecular formula is C18H18FN5O2. The van der Waals surface area contributed by atoms with E-state index in [0.29, 0.717) is 23.3 Å². The van der Waals surface area contributed by atoms with Gasteiger partial charge < -0.3 is 10.6 Å². The first kappa shape index (κ1) is 17.5. The summed E-state index contributed by atoms with van der Waals surface area (Å²) in [7, 11) is 0. The van der Waals surface area contributed by atoms with Crippen LogP contribution in [0.25, 0.3) is 11.0 Å². The lowest BCUT2D eigenvalue weighted by Gasteiger charge is -2.22. The second-order valence-corrected chi connectivity index (χ2v) is 5.76. The van der Waals surface area contributed by atoms with E-state index < -0.39 is 11.7 Å². The van der Waals surface area contributed by atoms with Crippen molar-refractivity contribution in [1.82, 2.24) is 15.0 Å². The Morgan fingerprint density at radius 2 is 1.92 bits per heavy atom. The van der Waals surface area contributed by atoms with Gasteiger partial charge in [0.05, 0.1) is 5.52 Å². The number of halogens is 1. The van der Waals surface area contributed by atoms with Gasteiger partial charge in [0.25, 0.3) is 5.91 Å². The van der Waals surface area contributed by atoms with E-state index in [1.165, 1.54) is 29.2 Å². The Labute approximate surface area is 149 Å². The Kier molecular flexibility index (Phi) is 4.92. The molecule has 0 fully saturated rings. The average Bonchev–Trinajstić information content (AvgIpc) is 3.05. The van der Waals surface area contributed by atoms with Crippen LogP contribution in [0.2, 0.25) is 0 Å². The van der Waals surface area contributed by atoms with E-state index in [1.807, 2.05) is 6.92 Å². The van der Waals surface area contributed by atoms with Crippen molar-refractivity contribution in [2.45, 2.75) is 19.9 Å². The molecule has 0 saturated heterocycles. The molecule has 2 N–H and O–H groups in total. The number of aryl methyl sites for hydroxylation is 1. The van der Waals surface area contributed by atoms with Crippen LogP contribution in [0.5, 0.6) is 0 Å². The second-order valence-electron chi connectivity index (χ2n) is 5.76. The zero-order chi connectivity index (χ0) is 18.7. The van der Waals surface area contributed by atoms with Gasteiger partial charge in [-0.2, -0.15) is 0 Å². The summed E-state index contributed by atoms with van der Waals surface area (Å²) in [5, 5.41) is 8.09. The fourth-order valence-corrected chi connectivity index (χ4v) is 2.69. The number of rotatable bonds is 6. The summed E-state index contributed by atoms with van der Waals surface area (Å²) in [4.78, 5) is 25.5. The number of aromatic nitrogens is 3. The molecule has 26 heavy (non-hydrogen) atoms. The van der Waals surface area contributed by atoms with Crippen molar-refractivity contribution in [3.8, 4) is 0 Å². The highest BCUT2D eigenvalue weighted by Crippen LogP contribution is 2.20. The number of fused-ring (bicyclic) bond motifs is 1. The van der Waals surface area contributed by atoms with Crippen molar-refractivity contribution in [2.75, 3.05) is 11.4 Å². The minimum Gasteiger partial charge on any atom is -0.370 e. The summed E-state index contributed by atoms with van der Waals surface area (Å²) in [6.45, 7) is 2.72. The Hall–Kier alpha value is -3.29. The van der Waals surface area contributed by atoms with E-state index in [9.17, 15) is 14.0 Å². The molecular weight excluding hydrogens is 337 g/mol. The van der Waals surface area contributed by atoms with E-state index >= 15 is 0 Å². The van der Waals surface area contributed by atoms with E-state index in [0.717, 1.165) is 5.52 Å². The zero-order valence-electron chi connectivity index (χ0n) is 14.2. The zero-order valence-corrected chi connectivity index (χ0v) is 14.2. The highest BCUT2D eigenvalue weighted by atomic mass is 19.1. The highest BCUT2D eigenvalue weighted by Gasteiger charge is 2.19. The maximum absolute atomic E-state index is 13.2. The molecule has 0 atom stereocenters. The second kappa shape index (κ2) is 7.30. The molecule has 1 aromatic heterocycles. The van der Waals surface area contributed by atoms with Gasteiger partial charge in [-0.25, -0.2) is 9.07 Å². The molecule has 0 saturated carbocycles. The SMILES string of the molecule is CCn1nnc2cc(C(=O)N(CCC(N)=O)c3ccc(F)cc3)ccc21. The Morgan fingerprint density at radius 1 is 1.19 bits per heavy atom. The Morgan fingerprint density at radius 3 is 2.58 bits per heavy atom. The number of anilines is 1. The van der Waals surface area contributed by atoms with Crippen LogP contribution in [0, 0.1) is 5.82 Å². The number of hydrogen-bond acceptors (Lipinski definition) is 4. The molecule has 1 heterocycles. The summed E-state index contributed by atoms with van der Waals surface area (Å²) in [5.74, 6) is -1.26. The molecule has 134 valence electrons. The van der Waals surface area contributed by atoms with Crippen molar-refractivity contribution in [1.29, 1.82) is 0 Å². The van der Waals surface area contributed by atoms with Crippen LogP contribution in [0.15, 0.2) is 42.5 Å². The molecule has 7 nitrogen and oxygen atoms in total. The third kappa shape index (κ3) is 3.53. The van der Waals surface area contributed by atoms with Gasteiger partial charge in [0.1, 0.15) is 11.3 Å². The number of nitrogens with zero attached hydrogens (tertiary/aromatic N) is 4. The molecule has 3 rings (SSSR count). The van der Waals surface area contributed by atoms with E-state index in [4.69, 9.17) is 5.73 Å². The number of carbonyl (C=O) groups is 2. The number of primary amides is 1. The summed E-state index contributed by atoms with van der Waals surface area (Å²) >= 11 is 0. The topological polar surface area (TPSA) is 94.1 Å². The van der Waals surface area contributed by atoms with Gasteiger partial charge in [0.15, 0.2) is 0 Å². The number of nitrogens with two attached hydrogens (primary N) is 1. The third-order valence-corrected chi connectivity index (χ3v) is 4.03.